The largest absolute Gasteiger partial charge is 0.308 e. The van der Waals surface area contributed by atoms with E-state index in [1.165, 1.54) is 55.2 Å². The lowest BCUT2D eigenvalue weighted by molar-refractivity contribution is 0.572. The van der Waals surface area contributed by atoms with Gasteiger partial charge in [-0.05, 0) is 109 Å². The van der Waals surface area contributed by atoms with E-state index in [2.05, 4.69) is 231 Å². The quantitative estimate of drug-likeness (QED) is 0.152. The van der Waals surface area contributed by atoms with Crippen molar-refractivity contribution in [1.29, 1.82) is 0 Å². The Hall–Kier alpha value is -7.95. The zero-order valence-corrected chi connectivity index (χ0v) is 43.8. The highest BCUT2D eigenvalue weighted by molar-refractivity contribution is 6.13. The van der Waals surface area contributed by atoms with Gasteiger partial charge in [-0.3, -0.25) is 0 Å². The van der Waals surface area contributed by atoms with Crippen molar-refractivity contribution in [2.45, 2.75) is 91.4 Å². The molecule has 8 aromatic carbocycles. The first kappa shape index (κ1) is 47.4. The standard InChI is InChI=1S/C69H64N4/c1-67(2,3)54-38-39-61-58(42-54)59-43-55(68(4,5)6)44-60(69(7,8)9)63(59)73(61)62-56(49-34-30-47(31-35-49)45-22-14-10-15-23-45)40-53(41-57(62)50-36-32-48(33-37-50)46-24-16-11-17-25-46)66-71-64(51-26-18-12-19-27-51)70-65(72-66)52-28-20-13-21-29-52/h10,12-16,18-44H,11,17H2,1-9H3. The number of benzene rings is 8. The second-order valence-electron chi connectivity index (χ2n) is 22.9. The summed E-state index contributed by atoms with van der Waals surface area (Å²) in [6.07, 6.45) is 9.03. The van der Waals surface area contributed by atoms with Crippen LogP contribution in [0.3, 0.4) is 0 Å². The van der Waals surface area contributed by atoms with Crippen molar-refractivity contribution in [3.8, 4) is 73.2 Å². The summed E-state index contributed by atoms with van der Waals surface area (Å²) in [5, 5.41) is 2.52. The second-order valence-corrected chi connectivity index (χ2v) is 22.9. The first-order valence-electron chi connectivity index (χ1n) is 25.9. The van der Waals surface area contributed by atoms with Crippen LogP contribution in [0.2, 0.25) is 0 Å². The van der Waals surface area contributed by atoms with Gasteiger partial charge in [-0.2, -0.15) is 0 Å². The topological polar surface area (TPSA) is 43.6 Å². The van der Waals surface area contributed by atoms with Gasteiger partial charge in [0.2, 0.25) is 0 Å². The van der Waals surface area contributed by atoms with Gasteiger partial charge < -0.3 is 4.57 Å². The van der Waals surface area contributed by atoms with Crippen LogP contribution >= 0.6 is 0 Å². The fourth-order valence-electron chi connectivity index (χ4n) is 10.4. The minimum Gasteiger partial charge on any atom is -0.308 e. The zero-order chi connectivity index (χ0) is 50.6. The maximum atomic E-state index is 5.36. The molecule has 10 aromatic rings. The van der Waals surface area contributed by atoms with Crippen LogP contribution < -0.4 is 0 Å². The molecule has 0 radical (unpaired) electrons. The number of rotatable bonds is 8. The van der Waals surface area contributed by atoms with Gasteiger partial charge in [-0.1, -0.05) is 232 Å². The number of allylic oxidation sites excluding steroid dienone is 4. The molecule has 360 valence electrons. The lowest BCUT2D eigenvalue weighted by Crippen LogP contribution is -2.18. The van der Waals surface area contributed by atoms with Gasteiger partial charge >= 0.3 is 0 Å². The predicted octanol–water partition coefficient (Wildman–Crippen LogP) is 18.6. The van der Waals surface area contributed by atoms with Crippen LogP contribution in [0.5, 0.6) is 0 Å². The van der Waals surface area contributed by atoms with E-state index < -0.39 is 0 Å². The van der Waals surface area contributed by atoms with Crippen LogP contribution in [0, 0.1) is 0 Å². The highest BCUT2D eigenvalue weighted by Crippen LogP contribution is 2.48. The van der Waals surface area contributed by atoms with Crippen molar-refractivity contribution >= 4 is 27.4 Å². The van der Waals surface area contributed by atoms with Crippen LogP contribution in [0.15, 0.2) is 200 Å². The van der Waals surface area contributed by atoms with Crippen LogP contribution in [-0.4, -0.2) is 19.5 Å². The Morgan fingerprint density at radius 3 is 1.34 bits per heavy atom. The van der Waals surface area contributed by atoms with E-state index in [1.807, 2.05) is 36.4 Å². The summed E-state index contributed by atoms with van der Waals surface area (Å²) in [6, 6.07) is 66.4. The highest BCUT2D eigenvalue weighted by atomic mass is 15.0. The van der Waals surface area contributed by atoms with Crippen molar-refractivity contribution < 1.29 is 0 Å². The first-order chi connectivity index (χ1) is 35.1. The van der Waals surface area contributed by atoms with E-state index in [0.29, 0.717) is 17.5 Å². The molecule has 0 spiro atoms. The monoisotopic (exact) mass is 949 g/mol. The van der Waals surface area contributed by atoms with Crippen molar-refractivity contribution in [2.24, 2.45) is 0 Å². The summed E-state index contributed by atoms with van der Waals surface area (Å²) in [4.78, 5) is 15.8. The minimum atomic E-state index is -0.203. The molecule has 0 N–H and O–H groups in total. The molecule has 0 amide bonds. The Bertz CT molecular complexity index is 3670. The van der Waals surface area contributed by atoms with Crippen LogP contribution in [0.1, 0.15) is 97.4 Å². The lowest BCUT2D eigenvalue weighted by Gasteiger charge is -2.28. The molecule has 73 heavy (non-hydrogen) atoms. The third kappa shape index (κ3) is 9.28. The average molecular weight is 949 g/mol. The van der Waals surface area contributed by atoms with Gasteiger partial charge in [0.1, 0.15) is 0 Å². The molecule has 0 bridgehead atoms. The maximum Gasteiger partial charge on any atom is 0.164 e. The molecule has 2 aromatic heterocycles. The Morgan fingerprint density at radius 2 is 0.849 bits per heavy atom. The zero-order valence-electron chi connectivity index (χ0n) is 43.8. The van der Waals surface area contributed by atoms with Gasteiger partial charge in [0, 0.05) is 38.6 Å². The number of nitrogens with zero attached hydrogens (tertiary/aromatic N) is 4. The minimum absolute atomic E-state index is 0.0535. The summed E-state index contributed by atoms with van der Waals surface area (Å²) in [7, 11) is 0. The molecule has 4 nitrogen and oxygen atoms in total. The molecule has 0 unspecified atom stereocenters. The first-order valence-corrected chi connectivity index (χ1v) is 25.9. The molecule has 2 heterocycles. The van der Waals surface area contributed by atoms with Gasteiger partial charge in [0.05, 0.1) is 16.7 Å². The molecule has 11 rings (SSSR count). The molecule has 0 aliphatic heterocycles. The fraction of sp³-hybridized carbons (Fsp3) is 0.203. The van der Waals surface area contributed by atoms with E-state index in [9.17, 15) is 0 Å². The van der Waals surface area contributed by atoms with Crippen molar-refractivity contribution in [3.63, 3.8) is 0 Å². The van der Waals surface area contributed by atoms with Crippen LogP contribution in [0.4, 0.5) is 0 Å². The van der Waals surface area contributed by atoms with Gasteiger partial charge in [-0.15, -0.1) is 0 Å². The molecule has 0 fully saturated rings. The fourth-order valence-corrected chi connectivity index (χ4v) is 10.4. The van der Waals surface area contributed by atoms with Crippen molar-refractivity contribution in [2.75, 3.05) is 0 Å². The van der Waals surface area contributed by atoms with E-state index in [4.69, 9.17) is 15.0 Å². The van der Waals surface area contributed by atoms with Crippen molar-refractivity contribution in [1.82, 2.24) is 19.5 Å². The van der Waals surface area contributed by atoms with E-state index >= 15 is 0 Å². The molecule has 1 aliphatic carbocycles. The van der Waals surface area contributed by atoms with Crippen molar-refractivity contribution in [3.05, 3.63) is 222 Å². The number of hydrogen-bond donors (Lipinski definition) is 0. The second kappa shape index (κ2) is 18.6. The summed E-state index contributed by atoms with van der Waals surface area (Å²) in [5.74, 6) is 1.87. The predicted molar refractivity (Wildman–Crippen MR) is 309 cm³/mol. The third-order valence-corrected chi connectivity index (χ3v) is 14.5. The molecular formula is C69H64N4. The molecule has 0 atom stereocenters. The Kier molecular flexibility index (Phi) is 12.1. The van der Waals surface area contributed by atoms with E-state index in [0.717, 1.165) is 63.0 Å². The lowest BCUT2D eigenvalue weighted by atomic mass is 9.79. The van der Waals surface area contributed by atoms with Crippen LogP contribution in [-0.2, 0) is 16.2 Å². The Balaban J connectivity index is 1.30. The molecule has 1 aliphatic rings. The molecule has 0 saturated carbocycles. The Labute approximate surface area is 431 Å². The number of hydrogen-bond acceptors (Lipinski definition) is 3. The molecular weight excluding hydrogens is 885 g/mol. The average Bonchev–Trinajstić information content (AvgIpc) is 3.73. The summed E-state index contributed by atoms with van der Waals surface area (Å²) in [6.45, 7) is 21.1. The molecule has 4 heteroatoms. The van der Waals surface area contributed by atoms with E-state index in [-0.39, 0.29) is 16.2 Å². The number of aromatic nitrogens is 4. The number of fused-ring (bicyclic) bond motifs is 3. The Morgan fingerprint density at radius 1 is 0.384 bits per heavy atom. The molecule has 0 saturated heterocycles. The van der Waals surface area contributed by atoms with Crippen LogP contribution in [0.25, 0.3) is 101 Å². The summed E-state index contributed by atoms with van der Waals surface area (Å²) >= 11 is 0. The smallest absolute Gasteiger partial charge is 0.164 e. The maximum absolute atomic E-state index is 5.36. The van der Waals surface area contributed by atoms with E-state index in [1.54, 1.807) is 0 Å². The van der Waals surface area contributed by atoms with Gasteiger partial charge in [-0.25, -0.2) is 15.0 Å². The van der Waals surface area contributed by atoms with Gasteiger partial charge in [0.25, 0.3) is 0 Å². The highest BCUT2D eigenvalue weighted by Gasteiger charge is 2.30. The summed E-state index contributed by atoms with van der Waals surface area (Å²) in [5.41, 5.74) is 19.1. The normalized spacial score (nSPS) is 13.2. The van der Waals surface area contributed by atoms with Gasteiger partial charge in [0.15, 0.2) is 17.5 Å². The SMILES string of the molecule is CC(C)(C)c1ccc2c(c1)c1cc(C(C)(C)C)cc(C(C)(C)C)c1n2-c1c(-c2ccc(C3=CCCC=C3)cc2)cc(-c2nc(-c3ccccc3)nc(-c3ccccc3)n2)cc1-c1ccc(-c2ccccc2)cc1. The summed E-state index contributed by atoms with van der Waals surface area (Å²) < 4.78 is 2.61. The third-order valence-electron chi connectivity index (χ3n) is 14.5.